The van der Waals surface area contributed by atoms with Gasteiger partial charge in [-0.3, -0.25) is 4.79 Å². The minimum absolute atomic E-state index is 0.0475. The van der Waals surface area contributed by atoms with Gasteiger partial charge in [-0.25, -0.2) is 32.9 Å². The van der Waals surface area contributed by atoms with Crippen LogP contribution in [0.15, 0.2) is 24.9 Å². The molecule has 1 aliphatic rings. The van der Waals surface area contributed by atoms with Gasteiger partial charge in [0.25, 0.3) is 11.7 Å². The summed E-state index contributed by atoms with van der Waals surface area (Å²) in [5, 5.41) is 11.2. The van der Waals surface area contributed by atoms with E-state index < -0.39 is 17.9 Å². The molecule has 9 nitrogen and oxygen atoms in total. The monoisotopic (exact) mass is 404 g/mol. The molecule has 1 fully saturated rings. The van der Waals surface area contributed by atoms with E-state index in [1.165, 1.54) is 27.9 Å². The lowest BCUT2D eigenvalue weighted by Gasteiger charge is -2.33. The predicted octanol–water partition coefficient (Wildman–Crippen LogP) is 2.59. The van der Waals surface area contributed by atoms with Gasteiger partial charge < -0.3 is 5.32 Å². The van der Waals surface area contributed by atoms with Crippen LogP contribution >= 0.6 is 0 Å². The van der Waals surface area contributed by atoms with Crippen LogP contribution in [0, 0.1) is 5.92 Å². The summed E-state index contributed by atoms with van der Waals surface area (Å²) in [5.74, 6) is -2.71. The Morgan fingerprint density at radius 2 is 1.97 bits per heavy atom. The first-order chi connectivity index (χ1) is 13.8. The first-order valence-electron chi connectivity index (χ1n) is 9.58. The molecule has 1 amide bonds. The van der Waals surface area contributed by atoms with Crippen molar-refractivity contribution >= 4 is 11.7 Å². The smallest absolute Gasteiger partial charge is 0.289 e. The Balaban J connectivity index is 1.64. The molecule has 3 aromatic heterocycles. The minimum Gasteiger partial charge on any atom is -0.341 e. The van der Waals surface area contributed by atoms with Crippen LogP contribution in [-0.2, 0) is 0 Å². The second-order valence-corrected chi connectivity index (χ2v) is 7.62. The molecule has 0 spiro atoms. The zero-order valence-electron chi connectivity index (χ0n) is 16.2. The van der Waals surface area contributed by atoms with Gasteiger partial charge in [-0.05, 0) is 32.6 Å². The van der Waals surface area contributed by atoms with Gasteiger partial charge in [0.15, 0.2) is 0 Å². The third-order valence-corrected chi connectivity index (χ3v) is 5.24. The molecule has 0 aromatic carbocycles. The molecule has 0 radical (unpaired) electrons. The zero-order valence-corrected chi connectivity index (χ0v) is 16.2. The van der Waals surface area contributed by atoms with Crippen molar-refractivity contribution in [3.8, 4) is 0 Å². The number of aromatic nitrogens is 7. The van der Waals surface area contributed by atoms with Crippen molar-refractivity contribution in [3.05, 3.63) is 36.4 Å². The Kier molecular flexibility index (Phi) is 4.97. The topological polar surface area (TPSA) is 103 Å². The van der Waals surface area contributed by atoms with E-state index in [0.717, 1.165) is 0 Å². The number of nitrogens with one attached hydrogen (secondary N) is 1. The number of nitrogens with zero attached hydrogens (tertiary/aromatic N) is 7. The fourth-order valence-electron chi connectivity index (χ4n) is 3.73. The highest BCUT2D eigenvalue weighted by atomic mass is 19.3. The molecule has 154 valence electrons. The lowest BCUT2D eigenvalue weighted by atomic mass is 9.81. The van der Waals surface area contributed by atoms with Gasteiger partial charge in [0.05, 0.1) is 30.3 Å². The van der Waals surface area contributed by atoms with E-state index in [-0.39, 0.29) is 43.5 Å². The van der Waals surface area contributed by atoms with E-state index >= 15 is 0 Å². The molecule has 0 unspecified atom stereocenters. The average Bonchev–Trinajstić information content (AvgIpc) is 3.33. The summed E-state index contributed by atoms with van der Waals surface area (Å²) >= 11 is 0. The Labute approximate surface area is 165 Å². The highest BCUT2D eigenvalue weighted by Gasteiger charge is 2.39. The molecule has 4 rings (SSSR count). The molecule has 3 aromatic rings. The summed E-state index contributed by atoms with van der Waals surface area (Å²) in [6, 6.07) is -0.604. The van der Waals surface area contributed by atoms with Crippen LogP contribution in [0.2, 0.25) is 0 Å². The Morgan fingerprint density at radius 1 is 1.21 bits per heavy atom. The van der Waals surface area contributed by atoms with Gasteiger partial charge in [0.2, 0.25) is 11.7 Å². The molecule has 0 saturated heterocycles. The lowest BCUT2D eigenvalue weighted by Crippen LogP contribution is -2.38. The molecule has 11 heteroatoms. The van der Waals surface area contributed by atoms with Crippen molar-refractivity contribution < 1.29 is 13.6 Å². The molecule has 1 N–H and O–H groups in total. The van der Waals surface area contributed by atoms with Crippen molar-refractivity contribution in [3.63, 3.8) is 0 Å². The summed E-state index contributed by atoms with van der Waals surface area (Å²) < 4.78 is 30.4. The van der Waals surface area contributed by atoms with Crippen molar-refractivity contribution in [1.82, 2.24) is 39.7 Å². The molecule has 1 aliphatic carbocycles. The SMILES string of the molecule is CC(C)n1ncnc1C(=O)N[C@H](c1cn2nccnc2n1)C1CCC(F)(F)CC1. The quantitative estimate of drug-likeness (QED) is 0.701. The molecular formula is C18H22F2N8O. The van der Waals surface area contributed by atoms with Crippen LogP contribution in [-0.4, -0.2) is 46.2 Å². The number of imidazole rings is 1. The second kappa shape index (κ2) is 7.45. The number of hydrogen-bond acceptors (Lipinski definition) is 6. The Morgan fingerprint density at radius 3 is 2.66 bits per heavy atom. The molecule has 0 aliphatic heterocycles. The summed E-state index contributed by atoms with van der Waals surface area (Å²) in [5.41, 5.74) is 0.537. The molecule has 29 heavy (non-hydrogen) atoms. The fraction of sp³-hybridized carbons (Fsp3) is 0.556. The largest absolute Gasteiger partial charge is 0.341 e. The molecule has 0 bridgehead atoms. The summed E-state index contributed by atoms with van der Waals surface area (Å²) in [6.45, 7) is 3.79. The minimum atomic E-state index is -2.66. The average molecular weight is 404 g/mol. The summed E-state index contributed by atoms with van der Waals surface area (Å²) in [7, 11) is 0. The van der Waals surface area contributed by atoms with Gasteiger partial charge >= 0.3 is 0 Å². The van der Waals surface area contributed by atoms with Gasteiger partial charge in [-0.1, -0.05) is 0 Å². The van der Waals surface area contributed by atoms with E-state index in [4.69, 9.17) is 0 Å². The van der Waals surface area contributed by atoms with E-state index in [0.29, 0.717) is 11.5 Å². The number of rotatable bonds is 5. The van der Waals surface area contributed by atoms with E-state index in [1.54, 1.807) is 6.20 Å². The van der Waals surface area contributed by atoms with Crippen LogP contribution in [0.4, 0.5) is 8.78 Å². The van der Waals surface area contributed by atoms with Crippen LogP contribution in [0.5, 0.6) is 0 Å². The zero-order chi connectivity index (χ0) is 20.6. The number of fused-ring (bicyclic) bond motifs is 1. The van der Waals surface area contributed by atoms with Gasteiger partial charge in [-0.15, -0.1) is 0 Å². The first-order valence-corrected chi connectivity index (χ1v) is 9.58. The molecular weight excluding hydrogens is 382 g/mol. The van der Waals surface area contributed by atoms with Crippen molar-refractivity contribution in [2.45, 2.75) is 57.5 Å². The second-order valence-electron chi connectivity index (χ2n) is 7.62. The third kappa shape index (κ3) is 3.94. The van der Waals surface area contributed by atoms with Crippen molar-refractivity contribution in [2.75, 3.05) is 0 Å². The predicted molar refractivity (Wildman–Crippen MR) is 98.3 cm³/mol. The van der Waals surface area contributed by atoms with Crippen LogP contribution in [0.3, 0.4) is 0 Å². The summed E-state index contributed by atoms with van der Waals surface area (Å²) in [6.07, 6.45) is 6.18. The number of halogens is 2. The number of carbonyl (C=O) groups excluding carboxylic acids is 1. The molecule has 1 saturated carbocycles. The Hall–Kier alpha value is -2.98. The summed E-state index contributed by atoms with van der Waals surface area (Å²) in [4.78, 5) is 25.6. The standard InChI is InChI=1S/C18H22F2N8O/c1-11(2)28-15(22-10-24-28)16(29)26-14(12-3-5-18(19,20)6-4-12)13-9-27-17(25-13)21-7-8-23-27/h7-12,14H,3-6H2,1-2H3,(H,26,29)/t14-/m0/s1. The molecule has 3 heterocycles. The van der Waals surface area contributed by atoms with E-state index in [1.807, 2.05) is 13.8 Å². The van der Waals surface area contributed by atoms with Crippen molar-refractivity contribution in [1.29, 1.82) is 0 Å². The number of hydrogen-bond donors (Lipinski definition) is 1. The van der Waals surface area contributed by atoms with Crippen LogP contribution in [0.25, 0.3) is 5.78 Å². The third-order valence-electron chi connectivity index (χ3n) is 5.24. The first kappa shape index (κ1) is 19.3. The van der Waals surface area contributed by atoms with E-state index in [2.05, 4.69) is 30.5 Å². The molecule has 1 atom stereocenters. The maximum Gasteiger partial charge on any atom is 0.289 e. The van der Waals surface area contributed by atoms with Gasteiger partial charge in [-0.2, -0.15) is 10.2 Å². The van der Waals surface area contributed by atoms with Crippen LogP contribution in [0.1, 0.15) is 67.9 Å². The maximum atomic E-state index is 13.7. The van der Waals surface area contributed by atoms with E-state index in [9.17, 15) is 13.6 Å². The fourth-order valence-corrected chi connectivity index (χ4v) is 3.73. The highest BCUT2D eigenvalue weighted by molar-refractivity contribution is 5.90. The number of alkyl halides is 2. The normalized spacial score (nSPS) is 18.2. The lowest BCUT2D eigenvalue weighted by molar-refractivity contribution is -0.0495. The van der Waals surface area contributed by atoms with Gasteiger partial charge in [0, 0.05) is 18.9 Å². The van der Waals surface area contributed by atoms with Crippen LogP contribution < -0.4 is 5.32 Å². The maximum absolute atomic E-state index is 13.7. The Bertz CT molecular complexity index is 971. The number of amides is 1. The highest BCUT2D eigenvalue weighted by Crippen LogP contribution is 2.41. The van der Waals surface area contributed by atoms with Gasteiger partial charge in [0.1, 0.15) is 6.33 Å². The van der Waals surface area contributed by atoms with Crippen molar-refractivity contribution in [2.24, 2.45) is 5.92 Å². The number of carbonyl (C=O) groups is 1.